The van der Waals surface area contributed by atoms with Crippen LogP contribution in [0.4, 0.5) is 32.8 Å². The van der Waals surface area contributed by atoms with Gasteiger partial charge in [0, 0.05) is 101 Å². The van der Waals surface area contributed by atoms with Crippen LogP contribution in [0.2, 0.25) is 0 Å². The minimum atomic E-state index is -0.311. The number of halogens is 1. The van der Waals surface area contributed by atoms with Gasteiger partial charge < -0.3 is 30.2 Å². The molecule has 3 heterocycles. The number of piperazine rings is 3. The molecule has 328 valence electrons. The number of nitrogens with one attached hydrogen (secondary N) is 2. The van der Waals surface area contributed by atoms with Gasteiger partial charge in [0.25, 0.3) is 0 Å². The molecular weight excluding hydrogens is 782 g/mol. The zero-order chi connectivity index (χ0) is 43.4. The standard InChI is InChI=1S/C22H26N2.C18H16N4.C7H4FN.C4H10N2.2CH4/c1-17(2)19-5-9-21(10-6-19)23-13-15-24(16-14-23)22-11-7-20(8-12-22)18(3)4;1-20-16-4-8-18(9-5-16)22-12-10-21(11-13-22)17-6-2-15(14-19)3-7-17;8-7-3-1-6(5-9)2-4-7;1-2-6-4-3-5-1;;/h5-12H,1,3,13-16H2,2,4H3;2-9H,10-13H2;1-4H;5-6H,1-4H2;2*1H4. The first-order valence-corrected chi connectivity index (χ1v) is 20.7. The Kier molecular flexibility index (Phi) is 21.2. The SMILES string of the molecule is C.C.C1CNCCN1.C=C(C)c1ccc(N2CCN(c3ccc(C(=C)C)cc3)CC2)cc1.N#Cc1ccc(F)cc1.[C-]#[N+]c1ccc(N2CCN(c3ccc(C#N)cc3)CC2)cc1. The Morgan fingerprint density at radius 2 is 0.778 bits per heavy atom. The quantitative estimate of drug-likeness (QED) is 0.163. The fraction of sp³-hybridized carbons (Fsp3) is 0.302. The molecule has 2 N–H and O–H groups in total. The summed E-state index contributed by atoms with van der Waals surface area (Å²) in [4.78, 5) is 13.0. The Labute approximate surface area is 376 Å². The summed E-state index contributed by atoms with van der Waals surface area (Å²) in [7, 11) is 0. The summed E-state index contributed by atoms with van der Waals surface area (Å²) in [6, 6.07) is 42.5. The van der Waals surface area contributed by atoms with Crippen LogP contribution < -0.4 is 30.2 Å². The van der Waals surface area contributed by atoms with Crippen LogP contribution in [-0.2, 0) is 0 Å². The van der Waals surface area contributed by atoms with Crippen molar-refractivity contribution in [2.24, 2.45) is 0 Å². The predicted octanol–water partition coefficient (Wildman–Crippen LogP) is 10.7. The summed E-state index contributed by atoms with van der Waals surface area (Å²) in [5.41, 5.74) is 11.5. The third-order valence-electron chi connectivity index (χ3n) is 10.6. The fourth-order valence-corrected chi connectivity index (χ4v) is 6.97. The van der Waals surface area contributed by atoms with Gasteiger partial charge >= 0.3 is 0 Å². The van der Waals surface area contributed by atoms with Crippen molar-refractivity contribution in [1.82, 2.24) is 10.6 Å². The minimum absolute atomic E-state index is 0. The molecule has 10 heteroatoms. The highest BCUT2D eigenvalue weighted by molar-refractivity contribution is 5.66. The number of nitriles is 2. The highest BCUT2D eigenvalue weighted by atomic mass is 19.1. The van der Waals surface area contributed by atoms with E-state index >= 15 is 0 Å². The third-order valence-corrected chi connectivity index (χ3v) is 10.6. The Bertz CT molecular complexity index is 2110. The van der Waals surface area contributed by atoms with Gasteiger partial charge in [-0.05, 0) is 110 Å². The van der Waals surface area contributed by atoms with Crippen LogP contribution >= 0.6 is 0 Å². The molecule has 0 bridgehead atoms. The second-order valence-corrected chi connectivity index (χ2v) is 15.0. The molecule has 0 saturated carbocycles. The summed E-state index contributed by atoms with van der Waals surface area (Å²) in [6.07, 6.45) is 0. The third kappa shape index (κ3) is 15.8. The van der Waals surface area contributed by atoms with Gasteiger partial charge in [0.2, 0.25) is 0 Å². The number of allylic oxidation sites excluding steroid dienone is 2. The molecule has 0 spiro atoms. The molecule has 0 aromatic heterocycles. The van der Waals surface area contributed by atoms with E-state index in [9.17, 15) is 4.39 Å². The summed E-state index contributed by atoms with van der Waals surface area (Å²) in [5, 5.41) is 23.5. The van der Waals surface area contributed by atoms with Crippen molar-refractivity contribution < 1.29 is 4.39 Å². The number of rotatable bonds is 6. The molecule has 3 saturated heterocycles. The van der Waals surface area contributed by atoms with E-state index in [0.29, 0.717) is 16.8 Å². The molecule has 5 aromatic rings. The van der Waals surface area contributed by atoms with E-state index in [1.807, 2.05) is 68.4 Å². The Hall–Kier alpha value is -6.90. The molecule has 0 unspecified atom stereocenters. The molecule has 8 rings (SSSR count). The zero-order valence-electron chi connectivity index (χ0n) is 35.5. The van der Waals surface area contributed by atoms with Gasteiger partial charge in [-0.25, -0.2) is 9.24 Å². The van der Waals surface area contributed by atoms with Crippen molar-refractivity contribution in [2.75, 3.05) is 98.1 Å². The van der Waals surface area contributed by atoms with Gasteiger partial charge in [0.15, 0.2) is 5.69 Å². The van der Waals surface area contributed by atoms with Crippen molar-refractivity contribution >= 4 is 39.6 Å². The van der Waals surface area contributed by atoms with Crippen molar-refractivity contribution in [3.05, 3.63) is 174 Å². The first-order valence-electron chi connectivity index (χ1n) is 20.7. The lowest BCUT2D eigenvalue weighted by molar-refractivity contribution is 0.534. The molecule has 5 aromatic carbocycles. The van der Waals surface area contributed by atoms with Crippen LogP contribution in [-0.4, -0.2) is 78.5 Å². The van der Waals surface area contributed by atoms with Crippen molar-refractivity contribution in [1.29, 1.82) is 10.5 Å². The lowest BCUT2D eigenvalue weighted by Gasteiger charge is -2.37. The van der Waals surface area contributed by atoms with Crippen molar-refractivity contribution in [3.63, 3.8) is 0 Å². The van der Waals surface area contributed by atoms with E-state index in [1.165, 1.54) is 58.1 Å². The topological polar surface area (TPSA) is 89.0 Å². The monoisotopic (exact) mass is 846 g/mol. The van der Waals surface area contributed by atoms with Gasteiger partial charge in [-0.1, -0.05) is 75.6 Å². The van der Waals surface area contributed by atoms with E-state index in [-0.39, 0.29) is 20.7 Å². The van der Waals surface area contributed by atoms with E-state index in [1.54, 1.807) is 0 Å². The molecule has 0 atom stereocenters. The van der Waals surface area contributed by atoms with Crippen LogP contribution in [0.25, 0.3) is 16.0 Å². The van der Waals surface area contributed by atoms with E-state index in [4.69, 9.17) is 17.1 Å². The molecule has 3 aliphatic heterocycles. The first kappa shape index (κ1) is 50.5. The number of benzene rings is 5. The highest BCUT2D eigenvalue weighted by Crippen LogP contribution is 2.25. The average Bonchev–Trinajstić information content (AvgIpc) is 3.33. The minimum Gasteiger partial charge on any atom is -0.368 e. The molecule has 3 fully saturated rings. The maximum absolute atomic E-state index is 12.1. The van der Waals surface area contributed by atoms with Crippen LogP contribution in [0.15, 0.2) is 134 Å². The van der Waals surface area contributed by atoms with Crippen molar-refractivity contribution in [2.45, 2.75) is 28.7 Å². The molecule has 0 radical (unpaired) electrons. The molecule has 63 heavy (non-hydrogen) atoms. The fourth-order valence-electron chi connectivity index (χ4n) is 6.97. The maximum Gasteiger partial charge on any atom is 0.187 e. The average molecular weight is 846 g/mol. The summed E-state index contributed by atoms with van der Waals surface area (Å²) >= 11 is 0. The molecule has 0 amide bonds. The normalized spacial score (nSPS) is 14.0. The van der Waals surface area contributed by atoms with Gasteiger partial charge in [0.05, 0.1) is 29.8 Å². The summed E-state index contributed by atoms with van der Waals surface area (Å²) in [5.74, 6) is -0.311. The molecule has 9 nitrogen and oxygen atoms in total. The van der Waals surface area contributed by atoms with Gasteiger partial charge in [-0.2, -0.15) is 10.5 Å². The van der Waals surface area contributed by atoms with Crippen LogP contribution in [0.3, 0.4) is 0 Å². The number of hydrogen-bond donors (Lipinski definition) is 2. The summed E-state index contributed by atoms with van der Waals surface area (Å²) < 4.78 is 12.1. The lowest BCUT2D eigenvalue weighted by atomic mass is 10.1. The van der Waals surface area contributed by atoms with Crippen LogP contribution in [0.5, 0.6) is 0 Å². The largest absolute Gasteiger partial charge is 0.368 e. The predicted molar refractivity (Wildman–Crippen MR) is 265 cm³/mol. The van der Waals surface area contributed by atoms with Crippen LogP contribution in [0, 0.1) is 35.1 Å². The Morgan fingerprint density at radius 3 is 1.03 bits per heavy atom. The first-order chi connectivity index (χ1) is 29.7. The number of anilines is 4. The molecule has 0 aliphatic carbocycles. The van der Waals surface area contributed by atoms with Crippen LogP contribution in [0.1, 0.15) is 51.0 Å². The van der Waals surface area contributed by atoms with E-state index < -0.39 is 0 Å². The summed E-state index contributed by atoms with van der Waals surface area (Å²) in [6.45, 7) is 31.7. The second-order valence-electron chi connectivity index (χ2n) is 15.0. The smallest absolute Gasteiger partial charge is 0.187 e. The van der Waals surface area contributed by atoms with E-state index in [2.05, 4.69) is 103 Å². The Balaban J connectivity index is 0.000000248. The van der Waals surface area contributed by atoms with Crippen molar-refractivity contribution in [3.8, 4) is 12.1 Å². The molecular formula is C53H64FN9. The van der Waals surface area contributed by atoms with Gasteiger partial charge in [-0.3, -0.25) is 0 Å². The Morgan fingerprint density at radius 1 is 0.508 bits per heavy atom. The lowest BCUT2D eigenvalue weighted by Crippen LogP contribution is -2.46. The second kappa shape index (κ2) is 26.4. The molecule has 3 aliphatic rings. The highest BCUT2D eigenvalue weighted by Gasteiger charge is 2.19. The maximum atomic E-state index is 12.1. The van der Waals surface area contributed by atoms with Gasteiger partial charge in [0.1, 0.15) is 5.82 Å². The number of nitrogens with zero attached hydrogens (tertiary/aromatic N) is 7. The van der Waals surface area contributed by atoms with Gasteiger partial charge in [-0.15, -0.1) is 0 Å². The number of hydrogen-bond acceptors (Lipinski definition) is 8. The zero-order valence-corrected chi connectivity index (χ0v) is 35.5. The van der Waals surface area contributed by atoms with E-state index in [0.717, 1.165) is 89.7 Å².